The predicted octanol–water partition coefficient (Wildman–Crippen LogP) is 5.96. The summed E-state index contributed by atoms with van der Waals surface area (Å²) < 4.78 is 0.831. The average Bonchev–Trinajstić information content (AvgIpc) is 3.12. The molecule has 138 valence electrons. The Morgan fingerprint density at radius 2 is 1.69 bits per heavy atom. The molecule has 0 unspecified atom stereocenters. The van der Waals surface area contributed by atoms with Crippen LogP contribution in [0.2, 0.25) is 5.15 Å². The highest BCUT2D eigenvalue weighted by Crippen LogP contribution is 2.43. The Hall–Kier alpha value is -3.22. The fraction of sp³-hybridized carbons (Fsp3) is 0.0455. The third-order valence-electron chi connectivity index (χ3n) is 5.09. The topological polar surface area (TPSA) is 64.5 Å². The van der Waals surface area contributed by atoms with Gasteiger partial charge in [-0.15, -0.1) is 21.5 Å². The van der Waals surface area contributed by atoms with Crippen LogP contribution in [0.5, 0.6) is 0 Å². The lowest BCUT2D eigenvalue weighted by atomic mass is 9.99. The molecule has 0 amide bonds. The fourth-order valence-electron chi connectivity index (χ4n) is 3.72. The van der Waals surface area contributed by atoms with Crippen LogP contribution >= 0.6 is 22.9 Å². The largest absolute Gasteiger partial charge is 0.235 e. The second kappa shape index (κ2) is 6.14. The van der Waals surface area contributed by atoms with Gasteiger partial charge in [0.05, 0.1) is 15.7 Å². The number of aryl methyl sites for hydroxylation is 1. The summed E-state index contributed by atoms with van der Waals surface area (Å²) in [5.74, 6) is 0. The molecule has 4 aromatic heterocycles. The summed E-state index contributed by atoms with van der Waals surface area (Å²) in [4.78, 5) is 14.5. The molecule has 5 nitrogen and oxygen atoms in total. The Morgan fingerprint density at radius 1 is 0.862 bits per heavy atom. The van der Waals surface area contributed by atoms with Crippen LogP contribution < -0.4 is 0 Å². The lowest BCUT2D eigenvalue weighted by Crippen LogP contribution is -1.94. The van der Waals surface area contributed by atoms with Gasteiger partial charge in [0.1, 0.15) is 27.3 Å². The highest BCUT2D eigenvalue weighted by molar-refractivity contribution is 7.26. The first-order chi connectivity index (χ1) is 14.2. The zero-order chi connectivity index (χ0) is 19.5. The van der Waals surface area contributed by atoms with E-state index in [-0.39, 0.29) is 0 Å². The van der Waals surface area contributed by atoms with E-state index < -0.39 is 0 Å². The summed E-state index contributed by atoms with van der Waals surface area (Å²) in [6.45, 7) is 2.07. The van der Waals surface area contributed by atoms with Gasteiger partial charge < -0.3 is 0 Å². The molecule has 0 aliphatic heterocycles. The summed E-state index contributed by atoms with van der Waals surface area (Å²) in [5, 5.41) is 11.4. The molecule has 4 heterocycles. The van der Waals surface area contributed by atoms with Crippen molar-refractivity contribution in [1.82, 2.24) is 25.1 Å². The van der Waals surface area contributed by atoms with E-state index >= 15 is 0 Å². The maximum Gasteiger partial charge on any atom is 0.150 e. The summed E-state index contributed by atoms with van der Waals surface area (Å²) in [6.07, 6.45) is 1.49. The van der Waals surface area contributed by atoms with Gasteiger partial charge in [0.15, 0.2) is 0 Å². The molecule has 0 fully saturated rings. The Bertz CT molecular complexity index is 1570. The van der Waals surface area contributed by atoms with Crippen molar-refractivity contribution in [2.24, 2.45) is 0 Å². The van der Waals surface area contributed by atoms with Crippen molar-refractivity contribution in [1.29, 1.82) is 0 Å². The number of aromatic nitrogens is 5. The van der Waals surface area contributed by atoms with Gasteiger partial charge in [-0.05, 0) is 18.6 Å². The van der Waals surface area contributed by atoms with Crippen molar-refractivity contribution in [3.63, 3.8) is 0 Å². The molecule has 0 atom stereocenters. The van der Waals surface area contributed by atoms with Gasteiger partial charge in [0.25, 0.3) is 0 Å². The number of rotatable bonds is 1. The second-order valence-corrected chi connectivity index (χ2v) is 8.25. The normalized spacial score (nSPS) is 11.8. The van der Waals surface area contributed by atoms with Crippen molar-refractivity contribution >= 4 is 65.3 Å². The quantitative estimate of drug-likeness (QED) is 0.245. The van der Waals surface area contributed by atoms with Crippen molar-refractivity contribution in [3.8, 4) is 11.1 Å². The first kappa shape index (κ1) is 16.7. The van der Waals surface area contributed by atoms with Gasteiger partial charge in [-0.3, -0.25) is 0 Å². The Morgan fingerprint density at radius 3 is 2.55 bits per heavy atom. The number of pyridine rings is 1. The molecular weight excluding hydrogens is 402 g/mol. The molecule has 2 aromatic carbocycles. The molecular formula is C22H12ClN5S. The van der Waals surface area contributed by atoms with E-state index in [0.29, 0.717) is 5.15 Å². The lowest BCUT2D eigenvalue weighted by Gasteiger charge is -2.10. The maximum absolute atomic E-state index is 6.38. The van der Waals surface area contributed by atoms with E-state index in [9.17, 15) is 0 Å². The molecule has 7 heteroatoms. The molecule has 0 spiro atoms. The number of thiophene rings is 1. The number of hydrogen-bond acceptors (Lipinski definition) is 6. The fourth-order valence-corrected chi connectivity index (χ4v) is 4.98. The Labute approximate surface area is 174 Å². The van der Waals surface area contributed by atoms with Crippen LogP contribution in [0, 0.1) is 6.92 Å². The van der Waals surface area contributed by atoms with Crippen LogP contribution in [0.3, 0.4) is 0 Å². The number of benzene rings is 2. The third kappa shape index (κ3) is 2.43. The molecule has 6 aromatic rings. The van der Waals surface area contributed by atoms with Gasteiger partial charge in [-0.2, -0.15) is 0 Å². The number of halogens is 1. The van der Waals surface area contributed by atoms with Crippen LogP contribution in [0.25, 0.3) is 53.5 Å². The summed E-state index contributed by atoms with van der Waals surface area (Å²) in [7, 11) is 0. The standard InChI is InChI=1S/C22H12ClN5S/c1-11-6-8-12(9-7-11)15-16-19-20(21(23)25-10-24-19)29-22(16)26-17-13-4-2-3-5-14(13)27-28-18(15)17/h2-10H,1H3. The molecule has 0 aliphatic carbocycles. The van der Waals surface area contributed by atoms with Gasteiger partial charge in [-0.25, -0.2) is 15.0 Å². The zero-order valence-corrected chi connectivity index (χ0v) is 16.8. The first-order valence-corrected chi connectivity index (χ1v) is 10.2. The van der Waals surface area contributed by atoms with E-state index in [1.54, 1.807) is 0 Å². The van der Waals surface area contributed by atoms with Gasteiger partial charge in [0.2, 0.25) is 0 Å². The van der Waals surface area contributed by atoms with Crippen LogP contribution in [0.4, 0.5) is 0 Å². The van der Waals surface area contributed by atoms with Crippen molar-refractivity contribution < 1.29 is 0 Å². The SMILES string of the molecule is Cc1ccc(-c2c3nnc4ccccc4c3nc3sc4c(Cl)ncnc4c23)cc1. The molecule has 0 saturated carbocycles. The monoisotopic (exact) mass is 413 g/mol. The highest BCUT2D eigenvalue weighted by Gasteiger charge is 2.21. The first-order valence-electron chi connectivity index (χ1n) is 9.05. The molecule has 0 saturated heterocycles. The van der Waals surface area contributed by atoms with E-state index in [1.165, 1.54) is 23.2 Å². The van der Waals surface area contributed by atoms with Gasteiger partial charge >= 0.3 is 0 Å². The lowest BCUT2D eigenvalue weighted by molar-refractivity contribution is 1.12. The van der Waals surface area contributed by atoms with E-state index in [2.05, 4.69) is 51.4 Å². The average molecular weight is 414 g/mol. The Kier molecular flexibility index (Phi) is 3.54. The third-order valence-corrected chi connectivity index (χ3v) is 6.57. The maximum atomic E-state index is 6.38. The highest BCUT2D eigenvalue weighted by atomic mass is 35.5. The zero-order valence-electron chi connectivity index (χ0n) is 15.2. The molecule has 0 bridgehead atoms. The van der Waals surface area contributed by atoms with Crippen LogP contribution in [-0.2, 0) is 0 Å². The molecule has 6 rings (SSSR count). The van der Waals surface area contributed by atoms with E-state index in [0.717, 1.165) is 53.5 Å². The minimum atomic E-state index is 0.438. The number of nitrogens with zero attached hydrogens (tertiary/aromatic N) is 5. The minimum absolute atomic E-state index is 0.438. The number of hydrogen-bond donors (Lipinski definition) is 0. The second-order valence-electron chi connectivity index (χ2n) is 6.89. The van der Waals surface area contributed by atoms with E-state index in [4.69, 9.17) is 16.6 Å². The molecule has 0 radical (unpaired) electrons. The van der Waals surface area contributed by atoms with Crippen molar-refractivity contribution in [3.05, 3.63) is 65.6 Å². The molecule has 29 heavy (non-hydrogen) atoms. The summed E-state index contributed by atoms with van der Waals surface area (Å²) in [6, 6.07) is 16.3. The smallest absolute Gasteiger partial charge is 0.150 e. The Balaban J connectivity index is 1.90. The van der Waals surface area contributed by atoms with Crippen LogP contribution in [-0.4, -0.2) is 25.1 Å². The van der Waals surface area contributed by atoms with Crippen molar-refractivity contribution in [2.45, 2.75) is 6.92 Å². The molecule has 0 N–H and O–H groups in total. The van der Waals surface area contributed by atoms with Crippen LogP contribution in [0.15, 0.2) is 54.9 Å². The van der Waals surface area contributed by atoms with Gasteiger partial charge in [0, 0.05) is 16.3 Å². The molecule has 0 aliphatic rings. The predicted molar refractivity (Wildman–Crippen MR) is 119 cm³/mol. The summed E-state index contributed by atoms with van der Waals surface area (Å²) in [5.41, 5.74) is 6.42. The minimum Gasteiger partial charge on any atom is -0.235 e. The van der Waals surface area contributed by atoms with Gasteiger partial charge in [-0.1, -0.05) is 59.6 Å². The van der Waals surface area contributed by atoms with Crippen molar-refractivity contribution in [2.75, 3.05) is 0 Å². The van der Waals surface area contributed by atoms with E-state index in [1.807, 2.05) is 24.3 Å². The number of fused-ring (bicyclic) bond motifs is 6. The van der Waals surface area contributed by atoms with Crippen LogP contribution in [0.1, 0.15) is 5.56 Å². The summed E-state index contributed by atoms with van der Waals surface area (Å²) >= 11 is 7.89.